The lowest BCUT2D eigenvalue weighted by Gasteiger charge is -2.28. The van der Waals surface area contributed by atoms with Crippen molar-refractivity contribution in [3.8, 4) is 16.9 Å². The second-order valence-corrected chi connectivity index (χ2v) is 9.57. The highest BCUT2D eigenvalue weighted by Gasteiger charge is 2.38. The fourth-order valence-corrected chi connectivity index (χ4v) is 5.14. The van der Waals surface area contributed by atoms with Gasteiger partial charge in [0, 0.05) is 24.6 Å². The number of carbonyl (C=O) groups is 1. The van der Waals surface area contributed by atoms with E-state index in [-0.39, 0.29) is 18.0 Å². The summed E-state index contributed by atoms with van der Waals surface area (Å²) in [7, 11) is -3.35. The standard InChI is InChI=1S/C22H26N2O4S/c1-29(26,27)23-19-11-12-24-20(19)15-16-6-4-7-17(14-16)18-8-2-3-9-21(18)28-13-5-10-22(24)25/h2-4,6-9,14,19-20,23H,5,10-13,15H2,1H3. The maximum absolute atomic E-state index is 12.9. The average Bonchev–Trinajstić information content (AvgIpc) is 3.06. The van der Waals surface area contributed by atoms with Gasteiger partial charge in [0.05, 0.1) is 18.9 Å². The van der Waals surface area contributed by atoms with Gasteiger partial charge < -0.3 is 9.64 Å². The molecule has 2 aromatic rings. The van der Waals surface area contributed by atoms with Crippen LogP contribution in [0, 0.1) is 0 Å². The average molecular weight is 415 g/mol. The Kier molecular flexibility index (Phi) is 5.61. The molecule has 6 nitrogen and oxygen atoms in total. The molecule has 2 aliphatic heterocycles. The molecular weight excluding hydrogens is 388 g/mol. The van der Waals surface area contributed by atoms with Crippen LogP contribution in [0.3, 0.4) is 0 Å². The smallest absolute Gasteiger partial charge is 0.223 e. The molecule has 7 heteroatoms. The van der Waals surface area contributed by atoms with Crippen LogP contribution in [0.4, 0.5) is 0 Å². The van der Waals surface area contributed by atoms with Gasteiger partial charge in [-0.15, -0.1) is 0 Å². The Morgan fingerprint density at radius 3 is 2.79 bits per heavy atom. The molecule has 4 rings (SSSR count). The number of hydrogen-bond donors (Lipinski definition) is 1. The molecule has 2 aromatic carbocycles. The summed E-state index contributed by atoms with van der Waals surface area (Å²) < 4.78 is 32.4. The number of carbonyl (C=O) groups excluding carboxylic acids is 1. The van der Waals surface area contributed by atoms with Crippen molar-refractivity contribution in [3.63, 3.8) is 0 Å². The summed E-state index contributed by atoms with van der Waals surface area (Å²) in [6.07, 6.45) is 3.42. The molecular formula is C22H26N2O4S. The maximum Gasteiger partial charge on any atom is 0.223 e. The summed E-state index contributed by atoms with van der Waals surface area (Å²) in [5.41, 5.74) is 3.15. The number of nitrogens with one attached hydrogen (secondary N) is 1. The predicted octanol–water partition coefficient (Wildman–Crippen LogP) is 2.59. The van der Waals surface area contributed by atoms with Crippen molar-refractivity contribution in [3.05, 3.63) is 54.1 Å². The highest BCUT2D eigenvalue weighted by molar-refractivity contribution is 7.88. The number of amides is 1. The van der Waals surface area contributed by atoms with E-state index in [1.165, 1.54) is 6.26 Å². The van der Waals surface area contributed by atoms with Crippen molar-refractivity contribution in [1.29, 1.82) is 0 Å². The summed E-state index contributed by atoms with van der Waals surface area (Å²) in [6, 6.07) is 15.7. The SMILES string of the molecule is CS(=O)(=O)NC1CCN2C(=O)CCCOc3ccccc3-c3cccc(c3)CC12. The van der Waals surface area contributed by atoms with Gasteiger partial charge in [0.1, 0.15) is 5.75 Å². The van der Waals surface area contributed by atoms with Gasteiger partial charge in [-0.1, -0.05) is 42.5 Å². The van der Waals surface area contributed by atoms with Crippen LogP contribution in [0.5, 0.6) is 5.75 Å². The minimum atomic E-state index is -3.35. The van der Waals surface area contributed by atoms with E-state index in [0.717, 1.165) is 22.4 Å². The minimum absolute atomic E-state index is 0.0556. The van der Waals surface area contributed by atoms with Gasteiger partial charge in [0.15, 0.2) is 0 Å². The molecule has 2 bridgehead atoms. The van der Waals surface area contributed by atoms with Crippen LogP contribution in [-0.2, 0) is 21.2 Å². The van der Waals surface area contributed by atoms with Crippen molar-refractivity contribution < 1.29 is 17.9 Å². The molecule has 1 amide bonds. The molecule has 1 N–H and O–H groups in total. The number of para-hydroxylation sites is 1. The second kappa shape index (κ2) is 8.16. The minimum Gasteiger partial charge on any atom is -0.493 e. The van der Waals surface area contributed by atoms with Crippen molar-refractivity contribution in [2.75, 3.05) is 19.4 Å². The monoisotopic (exact) mass is 414 g/mol. The Morgan fingerprint density at radius 1 is 1.14 bits per heavy atom. The summed E-state index contributed by atoms with van der Waals surface area (Å²) in [4.78, 5) is 14.7. The summed E-state index contributed by atoms with van der Waals surface area (Å²) in [5, 5.41) is 0. The lowest BCUT2D eigenvalue weighted by molar-refractivity contribution is -0.132. The Bertz CT molecular complexity index is 1010. The number of rotatable bonds is 2. The first-order valence-corrected chi connectivity index (χ1v) is 11.9. The van der Waals surface area contributed by atoms with Crippen LogP contribution in [0.25, 0.3) is 11.1 Å². The van der Waals surface area contributed by atoms with Gasteiger partial charge >= 0.3 is 0 Å². The Morgan fingerprint density at radius 2 is 1.97 bits per heavy atom. The van der Waals surface area contributed by atoms with Gasteiger partial charge in [0.2, 0.25) is 15.9 Å². The van der Waals surface area contributed by atoms with E-state index in [1.807, 2.05) is 41.3 Å². The fourth-order valence-electron chi connectivity index (χ4n) is 4.32. The summed E-state index contributed by atoms with van der Waals surface area (Å²) in [6.45, 7) is 1.03. The molecule has 0 aliphatic carbocycles. The Balaban J connectivity index is 1.72. The molecule has 2 unspecified atom stereocenters. The van der Waals surface area contributed by atoms with E-state index in [9.17, 15) is 13.2 Å². The highest BCUT2D eigenvalue weighted by Crippen LogP contribution is 2.32. The summed E-state index contributed by atoms with van der Waals surface area (Å²) >= 11 is 0. The molecule has 2 atom stereocenters. The molecule has 0 spiro atoms. The first kappa shape index (κ1) is 19.9. The van der Waals surface area contributed by atoms with E-state index in [1.54, 1.807) is 0 Å². The van der Waals surface area contributed by atoms with Crippen LogP contribution >= 0.6 is 0 Å². The second-order valence-electron chi connectivity index (χ2n) is 7.79. The molecule has 2 aliphatic rings. The lowest BCUT2D eigenvalue weighted by Crippen LogP contribution is -2.47. The van der Waals surface area contributed by atoms with Crippen molar-refractivity contribution in [1.82, 2.24) is 9.62 Å². The Hall–Kier alpha value is -2.38. The van der Waals surface area contributed by atoms with Crippen molar-refractivity contribution >= 4 is 15.9 Å². The van der Waals surface area contributed by atoms with Gasteiger partial charge in [-0.2, -0.15) is 0 Å². The number of benzene rings is 2. The molecule has 29 heavy (non-hydrogen) atoms. The predicted molar refractivity (Wildman–Crippen MR) is 112 cm³/mol. The third-order valence-electron chi connectivity index (χ3n) is 5.59. The van der Waals surface area contributed by atoms with E-state index in [4.69, 9.17) is 4.74 Å². The van der Waals surface area contributed by atoms with E-state index < -0.39 is 10.0 Å². The highest BCUT2D eigenvalue weighted by atomic mass is 32.2. The zero-order valence-corrected chi connectivity index (χ0v) is 17.3. The van der Waals surface area contributed by atoms with E-state index in [2.05, 4.69) is 16.9 Å². The number of fused-ring (bicyclic) bond motifs is 5. The maximum atomic E-state index is 12.9. The first-order chi connectivity index (χ1) is 13.9. The zero-order valence-electron chi connectivity index (χ0n) is 16.5. The van der Waals surface area contributed by atoms with Crippen LogP contribution in [0.2, 0.25) is 0 Å². The van der Waals surface area contributed by atoms with Gasteiger partial charge in [-0.3, -0.25) is 4.79 Å². The third-order valence-corrected chi connectivity index (χ3v) is 6.32. The van der Waals surface area contributed by atoms with Crippen LogP contribution in [0.1, 0.15) is 24.8 Å². The molecule has 154 valence electrons. The summed E-state index contributed by atoms with van der Waals surface area (Å²) in [5.74, 6) is 0.869. The van der Waals surface area contributed by atoms with Crippen LogP contribution in [0.15, 0.2) is 48.5 Å². The molecule has 2 heterocycles. The Labute approximate surface area is 171 Å². The number of ether oxygens (including phenoxy) is 1. The molecule has 0 saturated carbocycles. The fraction of sp³-hybridized carbons (Fsp3) is 0.409. The van der Waals surface area contributed by atoms with E-state index >= 15 is 0 Å². The number of sulfonamides is 1. The van der Waals surface area contributed by atoms with Crippen molar-refractivity contribution in [2.45, 2.75) is 37.8 Å². The molecule has 1 fully saturated rings. The lowest BCUT2D eigenvalue weighted by atomic mass is 9.96. The van der Waals surface area contributed by atoms with Crippen LogP contribution < -0.4 is 9.46 Å². The van der Waals surface area contributed by atoms with Crippen molar-refractivity contribution in [2.24, 2.45) is 0 Å². The number of nitrogens with zero attached hydrogens (tertiary/aromatic N) is 1. The first-order valence-electron chi connectivity index (χ1n) is 9.98. The van der Waals surface area contributed by atoms with Gasteiger partial charge in [-0.05, 0) is 36.5 Å². The normalized spacial score (nSPS) is 22.5. The van der Waals surface area contributed by atoms with Crippen LogP contribution in [-0.4, -0.2) is 50.7 Å². The van der Waals surface area contributed by atoms with Gasteiger partial charge in [0.25, 0.3) is 0 Å². The third kappa shape index (κ3) is 4.62. The number of hydrogen-bond acceptors (Lipinski definition) is 4. The molecule has 1 saturated heterocycles. The largest absolute Gasteiger partial charge is 0.493 e. The molecule has 0 radical (unpaired) electrons. The quantitative estimate of drug-likeness (QED) is 0.820. The zero-order chi connectivity index (χ0) is 20.4. The molecule has 0 aromatic heterocycles. The van der Waals surface area contributed by atoms with Gasteiger partial charge in [-0.25, -0.2) is 13.1 Å². The van der Waals surface area contributed by atoms with E-state index in [0.29, 0.717) is 38.8 Å². The topological polar surface area (TPSA) is 75.7 Å².